The zero-order chi connectivity index (χ0) is 28.8. The summed E-state index contributed by atoms with van der Waals surface area (Å²) in [5, 5.41) is 11.1. The second-order valence-corrected chi connectivity index (χ2v) is 11.0. The molecule has 2 aliphatic rings. The standard InChI is InChI=1S/C29H25N7O5S/c1-2-22(37)41-35-11-5-7-17(13-35)36-28-23(27(30)31-14-32-28)24(34-36)18-9-10-19(26-25(18)39-15-40-26)33-29(38)21-12-16-6-3-4-8-20(16)42-21/h2-4,6,8-10,12,14,17H,1,5,7,11,13,15H2,(H,33,38)(H2,30,31,32)/t17-/m1/s1. The summed E-state index contributed by atoms with van der Waals surface area (Å²) in [6.07, 6.45) is 4.11. The fourth-order valence-electron chi connectivity index (χ4n) is 5.37. The van der Waals surface area contributed by atoms with E-state index in [1.54, 1.807) is 15.8 Å². The Morgan fingerprint density at radius 2 is 2.02 bits per heavy atom. The average Bonchev–Trinajstić information content (AvgIpc) is 3.75. The van der Waals surface area contributed by atoms with Gasteiger partial charge in [0.2, 0.25) is 6.79 Å². The first-order valence-electron chi connectivity index (χ1n) is 13.3. The van der Waals surface area contributed by atoms with E-state index in [-0.39, 0.29) is 24.6 Å². The highest BCUT2D eigenvalue weighted by atomic mass is 32.1. The number of amides is 1. The highest BCUT2D eigenvalue weighted by molar-refractivity contribution is 7.20. The van der Waals surface area contributed by atoms with E-state index in [2.05, 4.69) is 21.9 Å². The van der Waals surface area contributed by atoms with Crippen molar-refractivity contribution in [3.63, 3.8) is 0 Å². The predicted octanol–water partition coefficient (Wildman–Crippen LogP) is 4.55. The number of nitrogen functional groups attached to an aromatic ring is 1. The molecule has 7 rings (SSSR count). The lowest BCUT2D eigenvalue weighted by Crippen LogP contribution is -2.38. The molecule has 0 aliphatic carbocycles. The summed E-state index contributed by atoms with van der Waals surface area (Å²) in [5.41, 5.74) is 8.54. The first kappa shape index (κ1) is 25.9. The number of fused-ring (bicyclic) bond motifs is 3. The van der Waals surface area contributed by atoms with Crippen LogP contribution in [0.2, 0.25) is 0 Å². The number of carbonyl (C=O) groups excluding carboxylic acids is 2. The van der Waals surface area contributed by atoms with Gasteiger partial charge in [-0.3, -0.25) is 4.79 Å². The van der Waals surface area contributed by atoms with Crippen LogP contribution in [0.5, 0.6) is 11.5 Å². The molecule has 2 aromatic carbocycles. The van der Waals surface area contributed by atoms with Crippen molar-refractivity contribution in [2.45, 2.75) is 18.9 Å². The van der Waals surface area contributed by atoms with Crippen LogP contribution >= 0.6 is 11.3 Å². The Labute approximate surface area is 243 Å². The van der Waals surface area contributed by atoms with E-state index in [9.17, 15) is 9.59 Å². The maximum Gasteiger partial charge on any atom is 0.349 e. The predicted molar refractivity (Wildman–Crippen MR) is 157 cm³/mol. The van der Waals surface area contributed by atoms with Crippen LogP contribution in [0.25, 0.3) is 32.4 Å². The second kappa shape index (κ2) is 10.4. The number of carbonyl (C=O) groups is 2. The SMILES string of the molecule is C=CC(=O)ON1CCC[C@@H](n2nc(-c3ccc(NC(=O)c4cc5ccccc5s4)c4c3OCO4)c3c(N)ncnc32)C1. The van der Waals surface area contributed by atoms with Crippen LogP contribution in [0, 0.1) is 0 Å². The van der Waals surface area contributed by atoms with Gasteiger partial charge in [0.05, 0.1) is 28.5 Å². The van der Waals surface area contributed by atoms with E-state index in [4.69, 9.17) is 25.1 Å². The third kappa shape index (κ3) is 4.48. The molecular weight excluding hydrogens is 558 g/mol. The van der Waals surface area contributed by atoms with Gasteiger partial charge in [0.1, 0.15) is 17.8 Å². The van der Waals surface area contributed by atoms with Crippen molar-refractivity contribution >= 4 is 55.8 Å². The van der Waals surface area contributed by atoms with Crippen molar-refractivity contribution in [3.05, 3.63) is 66.3 Å². The van der Waals surface area contributed by atoms with Gasteiger partial charge in [0.15, 0.2) is 17.1 Å². The summed E-state index contributed by atoms with van der Waals surface area (Å²) >= 11 is 1.42. The number of nitrogens with one attached hydrogen (secondary N) is 1. The number of benzene rings is 2. The van der Waals surface area contributed by atoms with Gasteiger partial charge in [-0.05, 0) is 42.5 Å². The largest absolute Gasteiger partial charge is 0.453 e. The summed E-state index contributed by atoms with van der Waals surface area (Å²) in [6, 6.07) is 13.1. The van der Waals surface area contributed by atoms with Gasteiger partial charge in [0.25, 0.3) is 5.91 Å². The van der Waals surface area contributed by atoms with Gasteiger partial charge in [-0.25, -0.2) is 19.4 Å². The van der Waals surface area contributed by atoms with Gasteiger partial charge in [0, 0.05) is 22.9 Å². The summed E-state index contributed by atoms with van der Waals surface area (Å²) in [5.74, 6) is 0.347. The number of thiophene rings is 1. The van der Waals surface area contributed by atoms with Crippen LogP contribution in [0.3, 0.4) is 0 Å². The molecule has 5 heterocycles. The van der Waals surface area contributed by atoms with Gasteiger partial charge in [-0.2, -0.15) is 5.10 Å². The minimum Gasteiger partial charge on any atom is -0.453 e. The quantitative estimate of drug-likeness (QED) is 0.273. The summed E-state index contributed by atoms with van der Waals surface area (Å²) in [7, 11) is 0. The van der Waals surface area contributed by atoms with E-state index in [1.807, 2.05) is 36.4 Å². The van der Waals surface area contributed by atoms with Crippen molar-refractivity contribution < 1.29 is 23.9 Å². The number of anilines is 2. The van der Waals surface area contributed by atoms with Crippen molar-refractivity contribution in [2.24, 2.45) is 0 Å². The number of rotatable bonds is 6. The topological polar surface area (TPSA) is 147 Å². The minimum atomic E-state index is -0.513. The number of nitrogens with zero attached hydrogens (tertiary/aromatic N) is 5. The third-order valence-electron chi connectivity index (χ3n) is 7.28. The first-order chi connectivity index (χ1) is 20.5. The number of hydrogen-bond donors (Lipinski definition) is 2. The maximum absolute atomic E-state index is 13.2. The fraction of sp³-hybridized carbons (Fsp3) is 0.207. The molecule has 0 saturated carbocycles. The Kier molecular flexibility index (Phi) is 6.44. The fourth-order valence-corrected chi connectivity index (χ4v) is 6.32. The van der Waals surface area contributed by atoms with Crippen molar-refractivity contribution in [3.8, 4) is 22.8 Å². The molecule has 1 amide bonds. The van der Waals surface area contributed by atoms with Crippen LogP contribution in [0.15, 0.2) is 61.4 Å². The van der Waals surface area contributed by atoms with E-state index in [0.29, 0.717) is 57.4 Å². The Bertz CT molecular complexity index is 1850. The molecular formula is C29H25N7O5S. The molecule has 5 aromatic rings. The molecule has 3 N–H and O–H groups in total. The Balaban J connectivity index is 1.25. The smallest absolute Gasteiger partial charge is 0.349 e. The molecule has 3 aromatic heterocycles. The zero-order valence-electron chi connectivity index (χ0n) is 22.3. The summed E-state index contributed by atoms with van der Waals surface area (Å²) in [6.45, 7) is 4.47. The lowest BCUT2D eigenvalue weighted by molar-refractivity contribution is -0.191. The molecule has 1 fully saturated rings. The van der Waals surface area contributed by atoms with Crippen molar-refractivity contribution in [1.29, 1.82) is 0 Å². The monoisotopic (exact) mass is 583 g/mol. The Morgan fingerprint density at radius 1 is 1.17 bits per heavy atom. The molecule has 13 heteroatoms. The molecule has 0 bridgehead atoms. The average molecular weight is 584 g/mol. The van der Waals surface area contributed by atoms with E-state index in [1.165, 1.54) is 17.7 Å². The molecule has 0 radical (unpaired) electrons. The molecule has 2 aliphatic heterocycles. The van der Waals surface area contributed by atoms with Crippen molar-refractivity contribution in [2.75, 3.05) is 30.9 Å². The molecule has 1 saturated heterocycles. The molecule has 42 heavy (non-hydrogen) atoms. The zero-order valence-corrected chi connectivity index (χ0v) is 23.1. The third-order valence-corrected chi connectivity index (χ3v) is 8.40. The Morgan fingerprint density at radius 3 is 2.88 bits per heavy atom. The number of nitrogens with two attached hydrogens (primary N) is 1. The van der Waals surface area contributed by atoms with Crippen LogP contribution in [0.1, 0.15) is 28.6 Å². The molecule has 212 valence electrons. The number of aromatic nitrogens is 4. The van der Waals surface area contributed by atoms with E-state index in [0.717, 1.165) is 29.0 Å². The normalized spacial score (nSPS) is 16.5. The number of hydroxylamine groups is 2. The van der Waals surface area contributed by atoms with Crippen molar-refractivity contribution in [1.82, 2.24) is 24.8 Å². The summed E-state index contributed by atoms with van der Waals surface area (Å²) in [4.78, 5) is 39.7. The number of ether oxygens (including phenoxy) is 2. The maximum atomic E-state index is 13.2. The molecule has 0 unspecified atom stereocenters. The van der Waals surface area contributed by atoms with Crippen LogP contribution in [-0.4, -0.2) is 56.6 Å². The van der Waals surface area contributed by atoms with Gasteiger partial charge < -0.3 is 25.4 Å². The van der Waals surface area contributed by atoms with E-state index < -0.39 is 5.97 Å². The van der Waals surface area contributed by atoms with Gasteiger partial charge in [-0.1, -0.05) is 24.8 Å². The van der Waals surface area contributed by atoms with Gasteiger partial charge >= 0.3 is 5.97 Å². The highest BCUT2D eigenvalue weighted by Crippen LogP contribution is 2.48. The van der Waals surface area contributed by atoms with Crippen LogP contribution < -0.4 is 20.5 Å². The summed E-state index contributed by atoms with van der Waals surface area (Å²) < 4.78 is 14.6. The van der Waals surface area contributed by atoms with Crippen LogP contribution in [-0.2, 0) is 9.63 Å². The van der Waals surface area contributed by atoms with Gasteiger partial charge in [-0.15, -0.1) is 16.4 Å². The lowest BCUT2D eigenvalue weighted by Gasteiger charge is -2.31. The molecule has 12 nitrogen and oxygen atoms in total. The first-order valence-corrected chi connectivity index (χ1v) is 14.1. The number of hydrogen-bond acceptors (Lipinski definition) is 11. The second-order valence-electron chi connectivity index (χ2n) is 9.88. The van der Waals surface area contributed by atoms with E-state index >= 15 is 0 Å². The molecule has 1 atom stereocenters. The Hall–Kier alpha value is -5.01. The lowest BCUT2D eigenvalue weighted by atomic mass is 10.1. The number of piperidine rings is 1. The van der Waals surface area contributed by atoms with Crippen LogP contribution in [0.4, 0.5) is 11.5 Å². The minimum absolute atomic E-state index is 0.0189. The highest BCUT2D eigenvalue weighted by Gasteiger charge is 2.31. The molecule has 0 spiro atoms.